The number of phenols is 1. The Morgan fingerprint density at radius 3 is 2.70 bits per heavy atom. The molecule has 0 radical (unpaired) electrons. The molecule has 0 bridgehead atoms. The number of hydrogen-bond acceptors (Lipinski definition) is 7. The summed E-state index contributed by atoms with van der Waals surface area (Å²) in [4.78, 5) is 20.9. The lowest BCUT2D eigenvalue weighted by Crippen LogP contribution is -2.30. The number of aromatic hydroxyl groups is 1. The van der Waals surface area contributed by atoms with Gasteiger partial charge in [0.25, 0.3) is 5.91 Å². The van der Waals surface area contributed by atoms with Gasteiger partial charge in [0.2, 0.25) is 5.95 Å². The normalized spacial score (nSPS) is 16.7. The van der Waals surface area contributed by atoms with Crippen molar-refractivity contribution in [2.75, 3.05) is 29.8 Å². The summed E-state index contributed by atoms with van der Waals surface area (Å²) in [5.74, 6) is -2.28. The fourth-order valence-electron chi connectivity index (χ4n) is 2.20. The number of phenolic OH excluding ortho intramolecular Hbond substituents is 1. The van der Waals surface area contributed by atoms with Gasteiger partial charge >= 0.3 is 10.2 Å². The van der Waals surface area contributed by atoms with Gasteiger partial charge in [0.15, 0.2) is 5.82 Å². The van der Waals surface area contributed by atoms with E-state index in [1.165, 1.54) is 6.20 Å². The van der Waals surface area contributed by atoms with E-state index < -0.39 is 39.9 Å². The maximum atomic E-state index is 14.8. The molecule has 0 atom stereocenters. The van der Waals surface area contributed by atoms with E-state index in [1.807, 2.05) is 0 Å². The van der Waals surface area contributed by atoms with Crippen molar-refractivity contribution < 1.29 is 22.7 Å². The highest BCUT2D eigenvalue weighted by Gasteiger charge is 2.38. The Labute approximate surface area is 130 Å². The largest absolute Gasteiger partial charge is 0.506 e. The summed E-state index contributed by atoms with van der Waals surface area (Å²) in [6.07, 6.45) is 1.31. The molecule has 3 rings (SSSR count). The predicted molar refractivity (Wildman–Crippen MR) is 79.9 cm³/mol. The van der Waals surface area contributed by atoms with Gasteiger partial charge in [-0.2, -0.15) is 8.42 Å². The number of fused-ring (bicyclic) bond motifs is 1. The van der Waals surface area contributed by atoms with Crippen LogP contribution in [0.2, 0.25) is 0 Å². The molecule has 23 heavy (non-hydrogen) atoms. The molecular weight excluding hydrogens is 329 g/mol. The molecule has 2 heterocycles. The molecule has 122 valence electrons. The van der Waals surface area contributed by atoms with Crippen LogP contribution in [0.3, 0.4) is 0 Å². The van der Waals surface area contributed by atoms with Crippen LogP contribution >= 0.6 is 0 Å². The minimum absolute atomic E-state index is 0.161. The van der Waals surface area contributed by atoms with E-state index in [2.05, 4.69) is 9.97 Å². The van der Waals surface area contributed by atoms with Gasteiger partial charge in [0.05, 0.1) is 0 Å². The van der Waals surface area contributed by atoms with Crippen LogP contribution in [0.5, 0.6) is 5.75 Å². The van der Waals surface area contributed by atoms with Gasteiger partial charge in [-0.15, -0.1) is 0 Å². The molecule has 2 N–H and O–H groups in total. The van der Waals surface area contributed by atoms with Crippen LogP contribution in [0.1, 0.15) is 0 Å². The van der Waals surface area contributed by atoms with E-state index in [-0.39, 0.29) is 16.9 Å². The Morgan fingerprint density at radius 2 is 2.13 bits per heavy atom. The van der Waals surface area contributed by atoms with E-state index in [1.54, 1.807) is 23.7 Å². The van der Waals surface area contributed by atoms with Crippen LogP contribution in [-0.2, 0) is 15.0 Å². The predicted octanol–water partition coefficient (Wildman–Crippen LogP) is -0.279. The number of nitrogens with one attached hydrogen (secondary N) is 1. The molecule has 0 unspecified atom stereocenters. The van der Waals surface area contributed by atoms with Crippen LogP contribution in [0.4, 0.5) is 16.0 Å². The monoisotopic (exact) mass is 341 g/mol. The minimum Gasteiger partial charge on any atom is -0.506 e. The van der Waals surface area contributed by atoms with E-state index in [0.717, 1.165) is 6.07 Å². The van der Waals surface area contributed by atoms with Gasteiger partial charge in [-0.3, -0.25) is 4.79 Å². The summed E-state index contributed by atoms with van der Waals surface area (Å²) in [5, 5.41) is 10.2. The third-order valence-corrected chi connectivity index (χ3v) is 4.60. The summed E-state index contributed by atoms with van der Waals surface area (Å²) < 4.78 is 40.7. The quantitative estimate of drug-likeness (QED) is 0.772. The number of nitrogens with zero attached hydrogens (tertiary/aromatic N) is 4. The lowest BCUT2D eigenvalue weighted by atomic mass is 10.2. The van der Waals surface area contributed by atoms with Crippen molar-refractivity contribution in [1.82, 2.24) is 14.7 Å². The second-order valence-electron chi connectivity index (χ2n) is 5.10. The minimum atomic E-state index is -4.25. The SMILES string of the molecule is CN(C)c1ncc2cc(O)c(N3CC(=O)NS3(=O)=O)c(F)c2n1. The zero-order valence-corrected chi connectivity index (χ0v) is 12.9. The Morgan fingerprint density at radius 1 is 1.43 bits per heavy atom. The maximum Gasteiger partial charge on any atom is 0.326 e. The van der Waals surface area contributed by atoms with Crippen LogP contribution in [0, 0.1) is 5.82 Å². The molecule has 1 aromatic carbocycles. The number of hydrogen-bond donors (Lipinski definition) is 2. The zero-order valence-electron chi connectivity index (χ0n) is 12.1. The van der Waals surface area contributed by atoms with E-state index in [0.29, 0.717) is 4.31 Å². The van der Waals surface area contributed by atoms with Crippen molar-refractivity contribution in [2.24, 2.45) is 0 Å². The van der Waals surface area contributed by atoms with Crippen LogP contribution in [-0.4, -0.2) is 50.0 Å². The highest BCUT2D eigenvalue weighted by atomic mass is 32.2. The number of rotatable bonds is 2. The molecule has 0 saturated carbocycles. The number of halogens is 1. The topological polar surface area (TPSA) is 116 Å². The van der Waals surface area contributed by atoms with Gasteiger partial charge in [-0.25, -0.2) is 23.4 Å². The van der Waals surface area contributed by atoms with Crippen LogP contribution in [0.25, 0.3) is 10.9 Å². The Kier molecular flexibility index (Phi) is 3.25. The zero-order chi connectivity index (χ0) is 16.9. The average Bonchev–Trinajstić information content (AvgIpc) is 2.71. The fraction of sp³-hybridized carbons (Fsp3) is 0.250. The Bertz CT molecular complexity index is 931. The lowest BCUT2D eigenvalue weighted by Gasteiger charge is -2.18. The molecule has 1 aliphatic heterocycles. The molecule has 2 aromatic rings. The first kappa shape index (κ1) is 15.2. The third-order valence-electron chi connectivity index (χ3n) is 3.22. The number of amides is 1. The fourth-order valence-corrected chi connectivity index (χ4v) is 3.37. The summed E-state index contributed by atoms with van der Waals surface area (Å²) >= 11 is 0. The van der Waals surface area contributed by atoms with Gasteiger partial charge in [0.1, 0.15) is 23.5 Å². The Hall–Kier alpha value is -2.69. The van der Waals surface area contributed by atoms with Crippen LogP contribution in [0.15, 0.2) is 12.3 Å². The molecule has 11 heteroatoms. The van der Waals surface area contributed by atoms with Gasteiger partial charge in [-0.1, -0.05) is 0 Å². The third kappa shape index (κ3) is 2.38. The van der Waals surface area contributed by atoms with Gasteiger partial charge in [0, 0.05) is 25.7 Å². The number of aromatic nitrogens is 2. The highest BCUT2D eigenvalue weighted by Crippen LogP contribution is 2.37. The first-order valence-corrected chi connectivity index (χ1v) is 7.83. The highest BCUT2D eigenvalue weighted by molar-refractivity contribution is 7.92. The van der Waals surface area contributed by atoms with Crippen LogP contribution < -0.4 is 13.9 Å². The average molecular weight is 341 g/mol. The molecule has 0 spiro atoms. The van der Waals surface area contributed by atoms with Gasteiger partial charge < -0.3 is 10.0 Å². The van der Waals surface area contributed by atoms with Gasteiger partial charge in [-0.05, 0) is 6.07 Å². The molecule has 1 saturated heterocycles. The maximum absolute atomic E-state index is 14.8. The lowest BCUT2D eigenvalue weighted by molar-refractivity contribution is -0.117. The first-order valence-electron chi connectivity index (χ1n) is 6.39. The number of carbonyl (C=O) groups is 1. The summed E-state index contributed by atoms with van der Waals surface area (Å²) in [7, 11) is -0.928. The first-order chi connectivity index (χ1) is 10.7. The number of carbonyl (C=O) groups excluding carboxylic acids is 1. The van der Waals surface area contributed by atoms with E-state index >= 15 is 0 Å². The number of benzene rings is 1. The van der Waals surface area contributed by atoms with Crippen molar-refractivity contribution in [3.05, 3.63) is 18.1 Å². The van der Waals surface area contributed by atoms with E-state index in [4.69, 9.17) is 0 Å². The molecule has 1 aliphatic rings. The van der Waals surface area contributed by atoms with Crippen molar-refractivity contribution in [2.45, 2.75) is 0 Å². The molecule has 1 aromatic heterocycles. The smallest absolute Gasteiger partial charge is 0.326 e. The second-order valence-corrected chi connectivity index (χ2v) is 6.69. The molecular formula is C12H12FN5O4S. The molecule has 1 amide bonds. The van der Waals surface area contributed by atoms with Crippen molar-refractivity contribution in [3.63, 3.8) is 0 Å². The molecule has 9 nitrogen and oxygen atoms in total. The van der Waals surface area contributed by atoms with Crippen molar-refractivity contribution in [3.8, 4) is 5.75 Å². The van der Waals surface area contributed by atoms with Crippen molar-refractivity contribution >= 4 is 38.7 Å². The molecule has 0 aliphatic carbocycles. The number of anilines is 2. The summed E-state index contributed by atoms with van der Waals surface area (Å²) in [6.45, 7) is -0.621. The standard InChI is InChI=1S/C12H12FN5O4S/c1-17(2)12-14-4-6-3-7(19)11(9(13)10(6)15-12)18-5-8(20)16-23(18,21)22/h3-4,19H,5H2,1-2H3,(H,16,20). The summed E-state index contributed by atoms with van der Waals surface area (Å²) in [6, 6.07) is 1.14. The second kappa shape index (κ2) is 4.91. The van der Waals surface area contributed by atoms with E-state index in [9.17, 15) is 22.7 Å². The van der Waals surface area contributed by atoms with Crippen molar-refractivity contribution in [1.29, 1.82) is 0 Å². The Balaban J connectivity index is 2.27. The molecule has 1 fully saturated rings. The summed E-state index contributed by atoms with van der Waals surface area (Å²) in [5.41, 5.74) is -0.787.